The summed E-state index contributed by atoms with van der Waals surface area (Å²) < 4.78 is 0. The van der Waals surface area contributed by atoms with Crippen LogP contribution in [0.1, 0.15) is 31.9 Å². The molecule has 1 aliphatic rings. The Morgan fingerprint density at radius 3 is 3.00 bits per heavy atom. The Morgan fingerprint density at radius 2 is 2.32 bits per heavy atom. The molecule has 0 saturated heterocycles. The molecule has 5 heteroatoms. The van der Waals surface area contributed by atoms with E-state index in [4.69, 9.17) is 5.11 Å². The largest absolute Gasteiger partial charge is 0.395 e. The highest BCUT2D eigenvalue weighted by Gasteiger charge is 2.29. The van der Waals surface area contributed by atoms with E-state index in [2.05, 4.69) is 17.6 Å². The van der Waals surface area contributed by atoms with Gasteiger partial charge in [-0.3, -0.25) is 4.79 Å². The highest BCUT2D eigenvalue weighted by molar-refractivity contribution is 8.00. The van der Waals surface area contributed by atoms with Crippen LogP contribution in [0.5, 0.6) is 0 Å². The van der Waals surface area contributed by atoms with Gasteiger partial charge in [-0.2, -0.15) is 0 Å². The molecule has 19 heavy (non-hydrogen) atoms. The molecule has 0 spiro atoms. The van der Waals surface area contributed by atoms with Crippen LogP contribution >= 0.6 is 11.8 Å². The van der Waals surface area contributed by atoms with Crippen molar-refractivity contribution in [2.24, 2.45) is 0 Å². The van der Waals surface area contributed by atoms with Crippen molar-refractivity contribution in [3.63, 3.8) is 0 Å². The zero-order chi connectivity index (χ0) is 13.8. The molecule has 1 heterocycles. The molecule has 1 amide bonds. The van der Waals surface area contributed by atoms with Crippen LogP contribution < -0.4 is 10.6 Å². The topological polar surface area (TPSA) is 61.4 Å². The third-order valence-corrected chi connectivity index (χ3v) is 4.13. The molecule has 4 nitrogen and oxygen atoms in total. The zero-order valence-corrected chi connectivity index (χ0v) is 12.1. The number of aliphatic hydroxyl groups is 1. The Kier molecular flexibility index (Phi) is 4.85. The van der Waals surface area contributed by atoms with E-state index in [1.165, 1.54) is 0 Å². The Bertz CT molecular complexity index is 465. The molecule has 1 aromatic carbocycles. The molecule has 1 aliphatic heterocycles. The van der Waals surface area contributed by atoms with E-state index in [1.54, 1.807) is 11.8 Å². The number of nitrogens with one attached hydrogen (secondary N) is 2. The fraction of sp³-hybridized carbons (Fsp3) is 0.500. The molecule has 104 valence electrons. The first kappa shape index (κ1) is 14.4. The van der Waals surface area contributed by atoms with Crippen molar-refractivity contribution >= 4 is 23.4 Å². The maximum absolute atomic E-state index is 11.9. The van der Waals surface area contributed by atoms with Crippen LogP contribution in [0.4, 0.5) is 5.69 Å². The van der Waals surface area contributed by atoms with Crippen LogP contribution in [-0.2, 0) is 4.79 Å². The summed E-state index contributed by atoms with van der Waals surface area (Å²) in [4.78, 5) is 13.0. The maximum Gasteiger partial charge on any atom is 0.246 e. The Labute approximate surface area is 118 Å². The summed E-state index contributed by atoms with van der Waals surface area (Å²) in [7, 11) is 0. The van der Waals surface area contributed by atoms with Gasteiger partial charge >= 0.3 is 0 Å². The van der Waals surface area contributed by atoms with E-state index < -0.39 is 0 Å². The number of carbonyl (C=O) groups is 1. The van der Waals surface area contributed by atoms with Gasteiger partial charge in [-0.05, 0) is 25.1 Å². The van der Waals surface area contributed by atoms with E-state index in [0.29, 0.717) is 0 Å². The van der Waals surface area contributed by atoms with Gasteiger partial charge in [-0.15, -0.1) is 11.8 Å². The summed E-state index contributed by atoms with van der Waals surface area (Å²) in [6.45, 7) is 5.03. The first-order valence-corrected chi connectivity index (χ1v) is 7.49. The molecule has 0 radical (unpaired) electrons. The summed E-state index contributed by atoms with van der Waals surface area (Å²) >= 11 is 1.61. The highest BCUT2D eigenvalue weighted by atomic mass is 32.2. The van der Waals surface area contributed by atoms with Crippen molar-refractivity contribution in [1.29, 1.82) is 0 Å². The second-order valence-electron chi connectivity index (χ2n) is 4.74. The molecule has 3 N–H and O–H groups in total. The molecule has 0 saturated carbocycles. The van der Waals surface area contributed by atoms with Crippen LogP contribution in [0.3, 0.4) is 0 Å². The lowest BCUT2D eigenvalue weighted by Gasteiger charge is -2.11. The summed E-state index contributed by atoms with van der Waals surface area (Å²) in [5, 5.41) is 15.4. The number of thioether (sulfide) groups is 1. The molecule has 0 aliphatic carbocycles. The van der Waals surface area contributed by atoms with Crippen LogP contribution in [0.25, 0.3) is 0 Å². The molecule has 0 aromatic heterocycles. The quantitative estimate of drug-likeness (QED) is 0.699. The van der Waals surface area contributed by atoms with Gasteiger partial charge in [0.15, 0.2) is 0 Å². The van der Waals surface area contributed by atoms with Gasteiger partial charge in [-0.1, -0.05) is 19.9 Å². The van der Waals surface area contributed by atoms with Crippen molar-refractivity contribution in [3.05, 3.63) is 23.8 Å². The third-order valence-electron chi connectivity index (χ3n) is 3.05. The minimum Gasteiger partial charge on any atom is -0.395 e. The van der Waals surface area contributed by atoms with E-state index in [-0.39, 0.29) is 23.8 Å². The van der Waals surface area contributed by atoms with Gasteiger partial charge in [0.2, 0.25) is 5.91 Å². The van der Waals surface area contributed by atoms with E-state index in [9.17, 15) is 4.79 Å². The summed E-state index contributed by atoms with van der Waals surface area (Å²) in [5.74, 6) is 0.0146. The normalized spacial score (nSPS) is 19.1. The fourth-order valence-electron chi connectivity index (χ4n) is 2.08. The number of amides is 1. The number of carbonyl (C=O) groups excluding carboxylic acids is 1. The van der Waals surface area contributed by atoms with Gasteiger partial charge in [0, 0.05) is 21.4 Å². The van der Waals surface area contributed by atoms with Gasteiger partial charge in [0.25, 0.3) is 0 Å². The van der Waals surface area contributed by atoms with Crippen LogP contribution in [0.15, 0.2) is 23.1 Å². The van der Waals surface area contributed by atoms with Crippen LogP contribution in [-0.4, -0.2) is 29.4 Å². The van der Waals surface area contributed by atoms with Gasteiger partial charge in [-0.25, -0.2) is 0 Å². The lowest BCUT2D eigenvalue weighted by atomic mass is 10.1. The molecule has 2 unspecified atom stereocenters. The van der Waals surface area contributed by atoms with Crippen molar-refractivity contribution in [1.82, 2.24) is 5.32 Å². The number of rotatable bonds is 6. The maximum atomic E-state index is 11.9. The number of anilines is 1. The monoisotopic (exact) mass is 280 g/mol. The average molecular weight is 280 g/mol. The Morgan fingerprint density at radius 1 is 1.53 bits per heavy atom. The first-order valence-electron chi connectivity index (χ1n) is 6.61. The van der Waals surface area contributed by atoms with E-state index >= 15 is 0 Å². The molecule has 0 bridgehead atoms. The van der Waals surface area contributed by atoms with Crippen LogP contribution in [0.2, 0.25) is 0 Å². The fourth-order valence-corrected chi connectivity index (χ4v) is 2.95. The summed E-state index contributed by atoms with van der Waals surface area (Å²) in [5.41, 5.74) is 1.90. The minimum absolute atomic E-state index is 0.0146. The van der Waals surface area contributed by atoms with Crippen molar-refractivity contribution in [3.8, 4) is 0 Å². The second-order valence-corrected chi connectivity index (χ2v) is 6.25. The number of hydrogen-bond acceptors (Lipinski definition) is 4. The Hall–Kier alpha value is -1.04. The number of hydrogen-bond donors (Lipinski definition) is 3. The molecular formula is C14H20N2O2S. The lowest BCUT2D eigenvalue weighted by Crippen LogP contribution is -2.27. The standard InChI is InChI=1S/C14H20N2O2S/c1-3-6-15-13-11-5-4-10(19-9(2)8-17)7-12(11)16-14(13)18/h4-5,7,9,13,15,17H,3,6,8H2,1-2H3,(H,16,18). The minimum atomic E-state index is -0.232. The molecule has 2 rings (SSSR count). The van der Waals surface area contributed by atoms with Crippen molar-refractivity contribution in [2.45, 2.75) is 36.5 Å². The van der Waals surface area contributed by atoms with Crippen molar-refractivity contribution in [2.75, 3.05) is 18.5 Å². The van der Waals surface area contributed by atoms with Gasteiger partial charge in [0.05, 0.1) is 6.61 Å². The number of fused-ring (bicyclic) bond motifs is 1. The number of benzene rings is 1. The summed E-state index contributed by atoms with van der Waals surface area (Å²) in [6, 6.07) is 5.76. The summed E-state index contributed by atoms with van der Waals surface area (Å²) in [6.07, 6.45) is 1.00. The SMILES string of the molecule is CCCNC1C(=O)Nc2cc(SC(C)CO)ccc21. The predicted octanol–water partition coefficient (Wildman–Crippen LogP) is 2.15. The Balaban J connectivity index is 2.14. The first-order chi connectivity index (χ1) is 9.15. The van der Waals surface area contributed by atoms with E-state index in [1.807, 2.05) is 25.1 Å². The molecule has 0 fully saturated rings. The van der Waals surface area contributed by atoms with Crippen LogP contribution in [0, 0.1) is 0 Å². The zero-order valence-electron chi connectivity index (χ0n) is 11.3. The second kappa shape index (κ2) is 6.41. The average Bonchev–Trinajstić information content (AvgIpc) is 2.71. The lowest BCUT2D eigenvalue weighted by molar-refractivity contribution is -0.117. The number of aliphatic hydroxyl groups excluding tert-OH is 1. The highest BCUT2D eigenvalue weighted by Crippen LogP contribution is 2.35. The smallest absolute Gasteiger partial charge is 0.246 e. The van der Waals surface area contributed by atoms with E-state index in [0.717, 1.165) is 29.1 Å². The predicted molar refractivity (Wildman–Crippen MR) is 78.5 cm³/mol. The molecule has 1 aromatic rings. The third kappa shape index (κ3) is 3.29. The molecular weight excluding hydrogens is 260 g/mol. The van der Waals surface area contributed by atoms with Crippen molar-refractivity contribution < 1.29 is 9.90 Å². The molecule has 2 atom stereocenters. The van der Waals surface area contributed by atoms with Gasteiger partial charge in [0.1, 0.15) is 6.04 Å². The van der Waals surface area contributed by atoms with Gasteiger partial charge < -0.3 is 15.7 Å².